The molecular formula is C23H29ClN2O3S. The summed E-state index contributed by atoms with van der Waals surface area (Å²) >= 11 is 6.18. The van der Waals surface area contributed by atoms with Crippen molar-refractivity contribution in [2.45, 2.75) is 51.6 Å². The molecule has 2 aromatic carbocycles. The van der Waals surface area contributed by atoms with Crippen molar-refractivity contribution in [2.24, 2.45) is 0 Å². The van der Waals surface area contributed by atoms with E-state index in [9.17, 15) is 13.2 Å². The first-order valence-electron chi connectivity index (χ1n) is 10.4. The first-order chi connectivity index (χ1) is 14.3. The fourth-order valence-electron chi connectivity index (χ4n) is 3.90. The van der Waals surface area contributed by atoms with Crippen molar-refractivity contribution >= 4 is 27.5 Å². The summed E-state index contributed by atoms with van der Waals surface area (Å²) in [6.07, 6.45) is 6.46. The average Bonchev–Trinajstić information content (AvgIpc) is 2.72. The maximum Gasteiger partial charge on any atom is 0.235 e. The number of nitrogens with zero attached hydrogens (tertiary/aromatic N) is 1. The van der Waals surface area contributed by atoms with Gasteiger partial charge < -0.3 is 5.32 Å². The molecule has 0 aliphatic heterocycles. The number of carbonyl (C=O) groups excluding carboxylic acids is 1. The fourth-order valence-corrected chi connectivity index (χ4v) is 4.82. The number of amides is 1. The highest BCUT2D eigenvalue weighted by atomic mass is 35.5. The standard InChI is InChI=1S/C23H29ClN2O3S/c1-3-22(19-13-12-17-8-4-5-9-18(17)14-19)25-23(27)16-26(30(2,28)29)15-20-10-6-7-11-21(20)24/h6-7,10-14,22H,3-5,8-9,15-16H2,1-2H3,(H,25,27)/t22-/m0/s1. The van der Waals surface area contributed by atoms with E-state index in [0.717, 1.165) is 35.4 Å². The Kier molecular flexibility index (Phi) is 7.55. The van der Waals surface area contributed by atoms with Crippen molar-refractivity contribution in [3.63, 3.8) is 0 Å². The van der Waals surface area contributed by atoms with Gasteiger partial charge in [0.2, 0.25) is 15.9 Å². The number of rotatable bonds is 8. The molecule has 0 spiro atoms. The molecule has 3 rings (SSSR count). The van der Waals surface area contributed by atoms with Gasteiger partial charge in [-0.2, -0.15) is 4.31 Å². The zero-order valence-electron chi connectivity index (χ0n) is 17.5. The quantitative estimate of drug-likeness (QED) is 0.656. The van der Waals surface area contributed by atoms with Crippen molar-refractivity contribution in [3.05, 3.63) is 69.7 Å². The van der Waals surface area contributed by atoms with Crippen LogP contribution in [0.5, 0.6) is 0 Å². The first kappa shape index (κ1) is 22.8. The second-order valence-corrected chi connectivity index (χ2v) is 10.3. The number of carbonyl (C=O) groups is 1. The number of sulfonamides is 1. The zero-order valence-corrected chi connectivity index (χ0v) is 19.1. The minimum atomic E-state index is -3.58. The van der Waals surface area contributed by atoms with E-state index in [0.29, 0.717) is 10.6 Å². The Labute approximate surface area is 184 Å². The number of hydrogen-bond acceptors (Lipinski definition) is 3. The van der Waals surface area contributed by atoms with Crippen LogP contribution in [-0.4, -0.2) is 31.4 Å². The molecule has 162 valence electrons. The lowest BCUT2D eigenvalue weighted by Crippen LogP contribution is -2.41. The summed E-state index contributed by atoms with van der Waals surface area (Å²) in [6, 6.07) is 13.3. The third kappa shape index (κ3) is 5.84. The van der Waals surface area contributed by atoms with Gasteiger partial charge in [0.25, 0.3) is 0 Å². The largest absolute Gasteiger partial charge is 0.348 e. The second-order valence-electron chi connectivity index (χ2n) is 7.89. The summed E-state index contributed by atoms with van der Waals surface area (Å²) in [5, 5.41) is 3.49. The molecule has 1 atom stereocenters. The number of hydrogen-bond donors (Lipinski definition) is 1. The highest BCUT2D eigenvalue weighted by molar-refractivity contribution is 7.88. The van der Waals surface area contributed by atoms with Gasteiger partial charge in [-0.05, 0) is 60.4 Å². The topological polar surface area (TPSA) is 66.5 Å². The van der Waals surface area contributed by atoms with E-state index in [-0.39, 0.29) is 25.0 Å². The number of benzene rings is 2. The van der Waals surface area contributed by atoms with Crippen LogP contribution in [0.3, 0.4) is 0 Å². The number of fused-ring (bicyclic) bond motifs is 1. The summed E-state index contributed by atoms with van der Waals surface area (Å²) in [7, 11) is -3.58. The van der Waals surface area contributed by atoms with Gasteiger partial charge in [-0.25, -0.2) is 8.42 Å². The normalized spacial score (nSPS) is 14.9. The average molecular weight is 449 g/mol. The highest BCUT2D eigenvalue weighted by Gasteiger charge is 2.23. The van der Waals surface area contributed by atoms with E-state index in [4.69, 9.17) is 11.6 Å². The molecule has 7 heteroatoms. The molecule has 1 aliphatic rings. The summed E-state index contributed by atoms with van der Waals surface area (Å²) in [4.78, 5) is 12.8. The third-order valence-electron chi connectivity index (χ3n) is 5.61. The van der Waals surface area contributed by atoms with Crippen molar-refractivity contribution in [1.29, 1.82) is 0 Å². The molecule has 0 unspecified atom stereocenters. The van der Waals surface area contributed by atoms with Crippen LogP contribution in [0, 0.1) is 0 Å². The Bertz CT molecular complexity index is 1010. The molecule has 0 saturated heterocycles. The smallest absolute Gasteiger partial charge is 0.235 e. The Morgan fingerprint density at radius 2 is 1.83 bits per heavy atom. The van der Waals surface area contributed by atoms with Crippen LogP contribution in [0.1, 0.15) is 54.5 Å². The van der Waals surface area contributed by atoms with Crippen molar-refractivity contribution in [3.8, 4) is 0 Å². The number of aryl methyl sites for hydroxylation is 2. The molecule has 5 nitrogen and oxygen atoms in total. The molecule has 0 aromatic heterocycles. The molecule has 0 radical (unpaired) electrons. The third-order valence-corrected chi connectivity index (χ3v) is 7.18. The Morgan fingerprint density at radius 1 is 1.13 bits per heavy atom. The molecule has 1 N–H and O–H groups in total. The van der Waals surface area contributed by atoms with Crippen LogP contribution in [0.2, 0.25) is 5.02 Å². The SMILES string of the molecule is CC[C@H](NC(=O)CN(Cc1ccccc1Cl)S(C)(=O)=O)c1ccc2c(c1)CCCC2. The van der Waals surface area contributed by atoms with Crippen LogP contribution >= 0.6 is 11.6 Å². The van der Waals surface area contributed by atoms with Crippen LogP contribution < -0.4 is 5.32 Å². The van der Waals surface area contributed by atoms with E-state index in [1.165, 1.54) is 24.0 Å². The Hall–Kier alpha value is -1.89. The maximum absolute atomic E-state index is 12.8. The van der Waals surface area contributed by atoms with Crippen LogP contribution in [0.15, 0.2) is 42.5 Å². The zero-order chi connectivity index (χ0) is 21.7. The summed E-state index contributed by atoms with van der Waals surface area (Å²) in [5.74, 6) is -0.322. The summed E-state index contributed by atoms with van der Waals surface area (Å²) in [6.45, 7) is 1.83. The number of halogens is 1. The van der Waals surface area contributed by atoms with Gasteiger partial charge in [-0.15, -0.1) is 0 Å². The lowest BCUT2D eigenvalue weighted by molar-refractivity contribution is -0.122. The predicted molar refractivity (Wildman–Crippen MR) is 121 cm³/mol. The van der Waals surface area contributed by atoms with Gasteiger partial charge in [0.05, 0.1) is 18.8 Å². The van der Waals surface area contributed by atoms with Gasteiger partial charge >= 0.3 is 0 Å². The summed E-state index contributed by atoms with van der Waals surface area (Å²) in [5.41, 5.74) is 4.50. The van der Waals surface area contributed by atoms with Gasteiger partial charge in [0.15, 0.2) is 0 Å². The van der Waals surface area contributed by atoms with E-state index < -0.39 is 10.0 Å². The molecule has 0 heterocycles. The van der Waals surface area contributed by atoms with Gasteiger partial charge in [0, 0.05) is 11.6 Å². The molecule has 0 bridgehead atoms. The molecule has 1 amide bonds. The molecule has 2 aromatic rings. The number of nitrogens with one attached hydrogen (secondary N) is 1. The first-order valence-corrected chi connectivity index (χ1v) is 12.6. The molecular weight excluding hydrogens is 420 g/mol. The highest BCUT2D eigenvalue weighted by Crippen LogP contribution is 2.26. The minimum absolute atomic E-state index is 0.0571. The fraction of sp³-hybridized carbons (Fsp3) is 0.435. The lowest BCUT2D eigenvalue weighted by Gasteiger charge is -2.24. The van der Waals surface area contributed by atoms with Crippen molar-refractivity contribution in [1.82, 2.24) is 9.62 Å². The van der Waals surface area contributed by atoms with Gasteiger partial charge in [-0.1, -0.05) is 54.9 Å². The van der Waals surface area contributed by atoms with Crippen molar-refractivity contribution in [2.75, 3.05) is 12.8 Å². The maximum atomic E-state index is 12.8. The molecule has 1 aliphatic carbocycles. The minimum Gasteiger partial charge on any atom is -0.348 e. The van der Waals surface area contributed by atoms with Gasteiger partial charge in [-0.3, -0.25) is 4.79 Å². The van der Waals surface area contributed by atoms with E-state index in [1.807, 2.05) is 6.92 Å². The van der Waals surface area contributed by atoms with E-state index in [1.54, 1.807) is 24.3 Å². The van der Waals surface area contributed by atoms with Crippen LogP contribution in [0.25, 0.3) is 0 Å². The van der Waals surface area contributed by atoms with Gasteiger partial charge in [0.1, 0.15) is 0 Å². The lowest BCUT2D eigenvalue weighted by atomic mass is 9.89. The van der Waals surface area contributed by atoms with Crippen LogP contribution in [-0.2, 0) is 34.2 Å². The molecule has 0 fully saturated rings. The molecule has 0 saturated carbocycles. The van der Waals surface area contributed by atoms with E-state index >= 15 is 0 Å². The Balaban J connectivity index is 1.71. The summed E-state index contributed by atoms with van der Waals surface area (Å²) < 4.78 is 25.7. The van der Waals surface area contributed by atoms with Crippen LogP contribution in [0.4, 0.5) is 0 Å². The second kappa shape index (κ2) is 9.94. The van der Waals surface area contributed by atoms with E-state index in [2.05, 4.69) is 23.5 Å². The molecule has 30 heavy (non-hydrogen) atoms. The Morgan fingerprint density at radius 3 is 2.50 bits per heavy atom. The van der Waals surface area contributed by atoms with Crippen molar-refractivity contribution < 1.29 is 13.2 Å². The predicted octanol–water partition coefficient (Wildman–Crippen LogP) is 4.25. The monoisotopic (exact) mass is 448 g/mol.